The van der Waals surface area contributed by atoms with Crippen molar-refractivity contribution < 1.29 is 10.0 Å². The molecule has 5 heteroatoms. The Kier molecular flexibility index (Phi) is 1.90. The van der Waals surface area contributed by atoms with Crippen molar-refractivity contribution in [3.63, 3.8) is 0 Å². The van der Waals surface area contributed by atoms with E-state index in [2.05, 4.69) is 9.80 Å². The highest BCUT2D eigenvalue weighted by Crippen LogP contribution is 2.34. The normalized spacial score (nSPS) is 18.0. The summed E-state index contributed by atoms with van der Waals surface area (Å²) in [6, 6.07) is 5.72. The molecular formula is C10H13BN2O2. The first-order valence-corrected chi connectivity index (χ1v) is 5.26. The highest BCUT2D eigenvalue weighted by molar-refractivity contribution is 6.61. The second kappa shape index (κ2) is 3.15. The maximum absolute atomic E-state index is 9.32. The monoisotopic (exact) mass is 204 g/mol. The third-order valence-electron chi connectivity index (χ3n) is 3.26. The molecule has 3 aliphatic rings. The van der Waals surface area contributed by atoms with Gasteiger partial charge in [-0.1, -0.05) is 12.1 Å². The lowest BCUT2D eigenvalue weighted by molar-refractivity contribution is 0.425. The fourth-order valence-electron chi connectivity index (χ4n) is 2.53. The van der Waals surface area contributed by atoms with Crippen molar-refractivity contribution in [1.29, 1.82) is 0 Å². The van der Waals surface area contributed by atoms with Crippen molar-refractivity contribution in [3.8, 4) is 0 Å². The van der Waals surface area contributed by atoms with E-state index in [9.17, 15) is 10.0 Å². The van der Waals surface area contributed by atoms with Gasteiger partial charge in [-0.3, -0.25) is 0 Å². The number of piperazine rings is 1. The van der Waals surface area contributed by atoms with Gasteiger partial charge in [-0.2, -0.15) is 0 Å². The number of para-hydroxylation sites is 1. The van der Waals surface area contributed by atoms with Gasteiger partial charge in [0.05, 0.1) is 11.4 Å². The molecule has 0 spiro atoms. The van der Waals surface area contributed by atoms with E-state index in [0.717, 1.165) is 37.6 Å². The molecule has 4 rings (SSSR count). The predicted octanol–water partition coefficient (Wildman–Crippen LogP) is -0.994. The summed E-state index contributed by atoms with van der Waals surface area (Å²) in [6.45, 7) is 4.05. The van der Waals surface area contributed by atoms with E-state index >= 15 is 0 Å². The lowest BCUT2D eigenvalue weighted by Gasteiger charge is -2.46. The molecule has 78 valence electrons. The van der Waals surface area contributed by atoms with Crippen molar-refractivity contribution in [2.75, 3.05) is 36.0 Å². The van der Waals surface area contributed by atoms with Crippen molar-refractivity contribution in [2.24, 2.45) is 0 Å². The predicted molar refractivity (Wildman–Crippen MR) is 60.7 cm³/mol. The van der Waals surface area contributed by atoms with Gasteiger partial charge in [0.2, 0.25) is 0 Å². The lowest BCUT2D eigenvalue weighted by atomic mass is 9.77. The molecular weight excluding hydrogens is 191 g/mol. The molecule has 0 radical (unpaired) electrons. The maximum Gasteiger partial charge on any atom is 0.490 e. The molecule has 1 aromatic rings. The van der Waals surface area contributed by atoms with Crippen LogP contribution >= 0.6 is 0 Å². The summed E-state index contributed by atoms with van der Waals surface area (Å²) in [5.74, 6) is 0. The topological polar surface area (TPSA) is 46.9 Å². The summed E-state index contributed by atoms with van der Waals surface area (Å²) in [7, 11) is -1.37. The van der Waals surface area contributed by atoms with Gasteiger partial charge < -0.3 is 19.8 Å². The summed E-state index contributed by atoms with van der Waals surface area (Å²) >= 11 is 0. The number of nitrogens with zero attached hydrogens (tertiary/aromatic N) is 2. The minimum absolute atomic E-state index is 0.622. The third-order valence-corrected chi connectivity index (χ3v) is 3.26. The number of hydrogen-bond donors (Lipinski definition) is 2. The van der Waals surface area contributed by atoms with Crippen molar-refractivity contribution in [1.82, 2.24) is 0 Å². The quantitative estimate of drug-likeness (QED) is 0.576. The SMILES string of the molecule is OB(O)c1cccc2c1N1CCN2CC1. The van der Waals surface area contributed by atoms with Gasteiger partial charge in [-0.05, 0) is 6.07 Å². The lowest BCUT2D eigenvalue weighted by Crippen LogP contribution is -2.54. The van der Waals surface area contributed by atoms with Crippen LogP contribution in [0.3, 0.4) is 0 Å². The standard InChI is InChI=1S/C10H13BN2O2/c14-11(15)8-2-1-3-9-10(8)13-6-4-12(9)5-7-13/h1-3,14-15H,4-7H2. The summed E-state index contributed by atoms with van der Waals surface area (Å²) in [5, 5.41) is 18.6. The molecule has 0 unspecified atom stereocenters. The Labute approximate surface area is 88.9 Å². The molecule has 1 fully saturated rings. The molecule has 0 aliphatic carbocycles. The van der Waals surface area contributed by atoms with E-state index < -0.39 is 7.12 Å². The molecule has 2 N–H and O–H groups in total. The molecule has 0 amide bonds. The van der Waals surface area contributed by atoms with Crippen LogP contribution in [0.15, 0.2) is 18.2 Å². The number of fused-ring (bicyclic) bond motifs is 2. The van der Waals surface area contributed by atoms with Crippen molar-refractivity contribution >= 4 is 24.0 Å². The molecule has 0 atom stereocenters. The number of benzene rings is 1. The molecule has 0 aromatic heterocycles. The van der Waals surface area contributed by atoms with Gasteiger partial charge >= 0.3 is 7.12 Å². The number of hydrogen-bond acceptors (Lipinski definition) is 4. The van der Waals surface area contributed by atoms with Gasteiger partial charge in [0.25, 0.3) is 0 Å². The molecule has 15 heavy (non-hydrogen) atoms. The van der Waals surface area contributed by atoms with E-state index in [1.807, 2.05) is 12.1 Å². The minimum Gasteiger partial charge on any atom is -0.423 e. The zero-order valence-electron chi connectivity index (χ0n) is 8.43. The second-order valence-electron chi connectivity index (χ2n) is 4.06. The Morgan fingerprint density at radius 1 is 1.00 bits per heavy atom. The third kappa shape index (κ3) is 1.23. The van der Waals surface area contributed by atoms with E-state index in [-0.39, 0.29) is 0 Å². The van der Waals surface area contributed by atoms with Crippen LogP contribution in [-0.4, -0.2) is 43.3 Å². The fourth-order valence-corrected chi connectivity index (χ4v) is 2.53. The smallest absolute Gasteiger partial charge is 0.423 e. The van der Waals surface area contributed by atoms with E-state index in [4.69, 9.17) is 0 Å². The minimum atomic E-state index is -1.37. The van der Waals surface area contributed by atoms with Crippen LogP contribution in [0, 0.1) is 0 Å². The van der Waals surface area contributed by atoms with E-state index in [0.29, 0.717) is 5.46 Å². The summed E-state index contributed by atoms with van der Waals surface area (Å²) in [4.78, 5) is 4.55. The van der Waals surface area contributed by atoms with Crippen LogP contribution in [0.1, 0.15) is 0 Å². The first-order valence-electron chi connectivity index (χ1n) is 5.26. The summed E-state index contributed by atoms with van der Waals surface area (Å²) < 4.78 is 0. The van der Waals surface area contributed by atoms with Crippen molar-refractivity contribution in [2.45, 2.75) is 0 Å². The molecule has 0 saturated carbocycles. The summed E-state index contributed by atoms with van der Waals surface area (Å²) in [5.41, 5.74) is 2.76. The van der Waals surface area contributed by atoms with Crippen molar-refractivity contribution in [3.05, 3.63) is 18.2 Å². The molecule has 1 aromatic carbocycles. The van der Waals surface area contributed by atoms with Gasteiger partial charge in [0, 0.05) is 31.6 Å². The van der Waals surface area contributed by atoms with E-state index in [1.54, 1.807) is 6.07 Å². The Balaban J connectivity index is 2.18. The maximum atomic E-state index is 9.32. The average molecular weight is 204 g/mol. The number of rotatable bonds is 1. The van der Waals surface area contributed by atoms with Crippen LogP contribution in [0.25, 0.3) is 0 Å². The van der Waals surface area contributed by atoms with Crippen LogP contribution in [0.5, 0.6) is 0 Å². The van der Waals surface area contributed by atoms with Gasteiger partial charge in [-0.15, -0.1) is 0 Å². The highest BCUT2D eigenvalue weighted by atomic mass is 16.4. The molecule has 3 aliphatic heterocycles. The molecule has 1 saturated heterocycles. The second-order valence-corrected chi connectivity index (χ2v) is 4.06. The van der Waals surface area contributed by atoms with E-state index in [1.165, 1.54) is 0 Å². The Morgan fingerprint density at radius 3 is 2.33 bits per heavy atom. The van der Waals surface area contributed by atoms with Crippen LogP contribution < -0.4 is 15.3 Å². The van der Waals surface area contributed by atoms with Gasteiger partial charge in [-0.25, -0.2) is 0 Å². The fraction of sp³-hybridized carbons (Fsp3) is 0.400. The number of anilines is 2. The first-order chi connectivity index (χ1) is 7.27. The van der Waals surface area contributed by atoms with Crippen LogP contribution in [0.2, 0.25) is 0 Å². The zero-order chi connectivity index (χ0) is 10.4. The van der Waals surface area contributed by atoms with Gasteiger partial charge in [0.1, 0.15) is 0 Å². The molecule has 2 bridgehead atoms. The average Bonchev–Trinajstić information content (AvgIpc) is 2.30. The highest BCUT2D eigenvalue weighted by Gasteiger charge is 2.32. The molecule has 3 heterocycles. The first kappa shape index (κ1) is 9.06. The van der Waals surface area contributed by atoms with Crippen LogP contribution in [0.4, 0.5) is 11.4 Å². The zero-order valence-corrected chi connectivity index (χ0v) is 8.43. The van der Waals surface area contributed by atoms with Crippen LogP contribution in [-0.2, 0) is 0 Å². The Hall–Kier alpha value is -1.20. The van der Waals surface area contributed by atoms with Gasteiger partial charge in [0.15, 0.2) is 0 Å². The molecule has 4 nitrogen and oxygen atoms in total. The Morgan fingerprint density at radius 2 is 1.67 bits per heavy atom. The largest absolute Gasteiger partial charge is 0.490 e. The summed E-state index contributed by atoms with van der Waals surface area (Å²) in [6.07, 6.45) is 0. The Bertz CT molecular complexity index is 375.